The Morgan fingerprint density at radius 3 is 1.14 bits per heavy atom. The molecule has 0 unspecified atom stereocenters. The number of carbonyl (C=O) groups is 2. The quantitative estimate of drug-likeness (QED) is 0.225. The second-order valence-electron chi connectivity index (χ2n) is 8.39. The zero-order chi connectivity index (χ0) is 20.9. The lowest BCUT2D eigenvalue weighted by Gasteiger charge is -2.32. The fourth-order valence-electron chi connectivity index (χ4n) is 3.93. The molecule has 0 aromatic rings. The van der Waals surface area contributed by atoms with Crippen LogP contribution in [0.4, 0.5) is 0 Å². The highest BCUT2D eigenvalue weighted by Gasteiger charge is 2.42. The average molecular weight is 393 g/mol. The minimum Gasteiger partial charge on any atom is -0.480 e. The van der Waals surface area contributed by atoms with E-state index in [1.807, 2.05) is 0 Å². The molecule has 1 rings (SSSR count). The predicted molar refractivity (Wildman–Crippen MR) is 114 cm³/mol. The first-order valence-electron chi connectivity index (χ1n) is 11.3. The van der Waals surface area contributed by atoms with Gasteiger partial charge in [0, 0.05) is 0 Å². The third-order valence-corrected chi connectivity index (χ3v) is 6.04. The van der Waals surface area contributed by atoms with Gasteiger partial charge in [-0.2, -0.15) is 0 Å². The lowest BCUT2D eigenvalue weighted by molar-refractivity contribution is -0.146. The Balaban J connectivity index is 2.64. The van der Waals surface area contributed by atoms with Gasteiger partial charge in [-0.25, -0.2) is 0 Å². The normalized spacial score (nSPS) is 23.8. The van der Waals surface area contributed by atoms with Gasteiger partial charge in [0.15, 0.2) is 0 Å². The number of hydrogen-bond acceptors (Lipinski definition) is 2. The molecule has 0 saturated carbocycles. The van der Waals surface area contributed by atoms with E-state index in [1.165, 1.54) is 38.5 Å². The van der Waals surface area contributed by atoms with Crippen LogP contribution in [0.2, 0.25) is 0 Å². The first-order valence-corrected chi connectivity index (χ1v) is 11.3. The zero-order valence-corrected chi connectivity index (χ0v) is 17.9. The van der Waals surface area contributed by atoms with Gasteiger partial charge < -0.3 is 10.2 Å². The summed E-state index contributed by atoms with van der Waals surface area (Å²) < 4.78 is 0. The van der Waals surface area contributed by atoms with E-state index >= 15 is 0 Å². The molecule has 2 N–H and O–H groups in total. The summed E-state index contributed by atoms with van der Waals surface area (Å²) in [5.41, 5.74) is -2.10. The summed E-state index contributed by atoms with van der Waals surface area (Å²) in [5.74, 6) is -1.76. The Morgan fingerprint density at radius 1 is 0.571 bits per heavy atom. The molecule has 4 heteroatoms. The molecule has 0 saturated heterocycles. The Labute approximate surface area is 171 Å². The SMILES string of the molecule is CCCCCCCCC1(C(=O)O)C=CC(CCCCCCCC)(C(=O)O)C=C1. The van der Waals surface area contributed by atoms with Crippen LogP contribution < -0.4 is 0 Å². The fraction of sp³-hybridized carbons (Fsp3) is 0.750. The van der Waals surface area contributed by atoms with E-state index in [9.17, 15) is 19.8 Å². The molecule has 0 radical (unpaired) electrons. The summed E-state index contributed by atoms with van der Waals surface area (Å²) in [4.78, 5) is 23.9. The number of carboxylic acids is 2. The highest BCUT2D eigenvalue weighted by Crippen LogP contribution is 2.41. The molecular weight excluding hydrogens is 352 g/mol. The number of rotatable bonds is 16. The molecule has 0 heterocycles. The summed E-state index contributed by atoms with van der Waals surface area (Å²) >= 11 is 0. The highest BCUT2D eigenvalue weighted by atomic mass is 16.4. The number of unbranched alkanes of at least 4 members (excludes halogenated alkanes) is 10. The fourth-order valence-corrected chi connectivity index (χ4v) is 3.93. The van der Waals surface area contributed by atoms with E-state index < -0.39 is 22.8 Å². The van der Waals surface area contributed by atoms with Gasteiger partial charge in [-0.05, 0) is 12.8 Å². The van der Waals surface area contributed by atoms with Gasteiger partial charge >= 0.3 is 11.9 Å². The van der Waals surface area contributed by atoms with Crippen molar-refractivity contribution in [1.82, 2.24) is 0 Å². The van der Waals surface area contributed by atoms with Gasteiger partial charge in [0.1, 0.15) is 10.8 Å². The molecule has 0 spiro atoms. The van der Waals surface area contributed by atoms with Crippen LogP contribution in [0.5, 0.6) is 0 Å². The van der Waals surface area contributed by atoms with Crippen LogP contribution in [0.1, 0.15) is 104 Å². The van der Waals surface area contributed by atoms with Gasteiger partial charge in [0.05, 0.1) is 0 Å². The van der Waals surface area contributed by atoms with Crippen molar-refractivity contribution in [3.63, 3.8) is 0 Å². The van der Waals surface area contributed by atoms with E-state index in [1.54, 1.807) is 24.3 Å². The van der Waals surface area contributed by atoms with Gasteiger partial charge in [0.2, 0.25) is 0 Å². The molecule has 1 aliphatic rings. The van der Waals surface area contributed by atoms with E-state index in [0.717, 1.165) is 38.5 Å². The van der Waals surface area contributed by atoms with Gasteiger partial charge in [-0.1, -0.05) is 115 Å². The van der Waals surface area contributed by atoms with Crippen LogP contribution in [0.3, 0.4) is 0 Å². The summed E-state index contributed by atoms with van der Waals surface area (Å²) in [5, 5.41) is 19.6. The summed E-state index contributed by atoms with van der Waals surface area (Å²) in [6, 6.07) is 0. The molecule has 0 aromatic carbocycles. The maximum Gasteiger partial charge on any atom is 0.317 e. The lowest BCUT2D eigenvalue weighted by atomic mass is 9.70. The van der Waals surface area contributed by atoms with Crippen molar-refractivity contribution in [2.45, 2.75) is 104 Å². The van der Waals surface area contributed by atoms with Crippen molar-refractivity contribution >= 4 is 11.9 Å². The minimum absolute atomic E-state index is 0.536. The molecule has 160 valence electrons. The first-order chi connectivity index (χ1) is 13.4. The van der Waals surface area contributed by atoms with Crippen LogP contribution in [0.15, 0.2) is 24.3 Å². The number of carboxylic acid groups (broad SMARTS) is 2. The van der Waals surface area contributed by atoms with E-state index in [-0.39, 0.29) is 0 Å². The number of hydrogen-bond donors (Lipinski definition) is 2. The van der Waals surface area contributed by atoms with Crippen LogP contribution in [0, 0.1) is 10.8 Å². The molecule has 0 bridgehead atoms. The molecule has 28 heavy (non-hydrogen) atoms. The summed E-state index contributed by atoms with van der Waals surface area (Å²) in [6.45, 7) is 4.36. The van der Waals surface area contributed by atoms with Gasteiger partial charge in [-0.3, -0.25) is 9.59 Å². The minimum atomic E-state index is -1.05. The smallest absolute Gasteiger partial charge is 0.317 e. The van der Waals surface area contributed by atoms with Crippen LogP contribution in [-0.2, 0) is 9.59 Å². The molecule has 0 amide bonds. The van der Waals surface area contributed by atoms with Crippen molar-refractivity contribution in [2.75, 3.05) is 0 Å². The van der Waals surface area contributed by atoms with Crippen molar-refractivity contribution in [1.29, 1.82) is 0 Å². The third-order valence-electron chi connectivity index (χ3n) is 6.04. The highest BCUT2D eigenvalue weighted by molar-refractivity contribution is 5.84. The van der Waals surface area contributed by atoms with Crippen molar-refractivity contribution in [2.24, 2.45) is 10.8 Å². The molecule has 0 atom stereocenters. The molecule has 0 aromatic heterocycles. The Kier molecular flexibility index (Phi) is 11.2. The number of aliphatic carboxylic acids is 2. The van der Waals surface area contributed by atoms with Crippen LogP contribution >= 0.6 is 0 Å². The molecular formula is C24H40O4. The largest absolute Gasteiger partial charge is 0.480 e. The lowest BCUT2D eigenvalue weighted by Crippen LogP contribution is -2.35. The standard InChI is InChI=1S/C24H40O4/c1-3-5-7-9-11-13-15-23(21(25)26)17-19-24(20-18-23,22(27)28)16-14-12-10-8-6-4-2/h17-20H,3-16H2,1-2H3,(H,25,26)(H,27,28). The monoisotopic (exact) mass is 392 g/mol. The predicted octanol–water partition coefficient (Wildman–Crippen LogP) is 6.76. The Morgan fingerprint density at radius 2 is 0.857 bits per heavy atom. The second kappa shape index (κ2) is 12.8. The molecule has 4 nitrogen and oxygen atoms in total. The Hall–Kier alpha value is -1.58. The maximum absolute atomic E-state index is 11.9. The summed E-state index contributed by atoms with van der Waals surface area (Å²) in [7, 11) is 0. The molecule has 1 aliphatic carbocycles. The van der Waals surface area contributed by atoms with Crippen molar-refractivity contribution in [3.8, 4) is 0 Å². The van der Waals surface area contributed by atoms with E-state index in [2.05, 4.69) is 13.8 Å². The molecule has 0 fully saturated rings. The third kappa shape index (κ3) is 7.44. The van der Waals surface area contributed by atoms with Crippen LogP contribution in [-0.4, -0.2) is 22.2 Å². The van der Waals surface area contributed by atoms with E-state index in [0.29, 0.717) is 12.8 Å². The molecule has 0 aliphatic heterocycles. The van der Waals surface area contributed by atoms with Crippen molar-refractivity contribution in [3.05, 3.63) is 24.3 Å². The Bertz CT molecular complexity index is 473. The van der Waals surface area contributed by atoms with Gasteiger partial charge in [0.25, 0.3) is 0 Å². The van der Waals surface area contributed by atoms with E-state index in [4.69, 9.17) is 0 Å². The van der Waals surface area contributed by atoms with Gasteiger partial charge in [-0.15, -0.1) is 0 Å². The topological polar surface area (TPSA) is 74.6 Å². The first kappa shape index (κ1) is 24.5. The average Bonchev–Trinajstić information content (AvgIpc) is 2.68. The van der Waals surface area contributed by atoms with Crippen LogP contribution in [0.25, 0.3) is 0 Å². The zero-order valence-electron chi connectivity index (χ0n) is 17.9. The van der Waals surface area contributed by atoms with Crippen molar-refractivity contribution < 1.29 is 19.8 Å². The maximum atomic E-state index is 11.9. The summed E-state index contributed by atoms with van der Waals surface area (Å²) in [6.07, 6.45) is 20.9. The second-order valence-corrected chi connectivity index (χ2v) is 8.39.